The van der Waals surface area contributed by atoms with Gasteiger partial charge in [0.15, 0.2) is 0 Å². The van der Waals surface area contributed by atoms with Crippen LogP contribution in [0.1, 0.15) is 22.3 Å². The number of nitrogens with zero attached hydrogens (tertiary/aromatic N) is 1. The van der Waals surface area contributed by atoms with Gasteiger partial charge in [-0.3, -0.25) is 9.80 Å². The highest BCUT2D eigenvalue weighted by molar-refractivity contribution is 5.94. The van der Waals surface area contributed by atoms with Crippen LogP contribution in [-0.2, 0) is 0 Å². The highest BCUT2D eigenvalue weighted by Crippen LogP contribution is 2.08. The molecule has 1 aromatic carbocycles. The van der Waals surface area contributed by atoms with Crippen LogP contribution in [0.2, 0.25) is 0 Å². The van der Waals surface area contributed by atoms with Gasteiger partial charge in [-0.15, -0.1) is 0 Å². The van der Waals surface area contributed by atoms with Crippen LogP contribution in [0.4, 0.5) is 0 Å². The van der Waals surface area contributed by atoms with E-state index in [0.29, 0.717) is 0 Å². The van der Waals surface area contributed by atoms with Crippen molar-refractivity contribution in [2.75, 3.05) is 13.1 Å². The first-order valence-corrected chi connectivity index (χ1v) is 4.89. The van der Waals surface area contributed by atoms with E-state index in [2.05, 4.69) is 5.43 Å². The van der Waals surface area contributed by atoms with Crippen molar-refractivity contribution in [3.63, 3.8) is 0 Å². The lowest BCUT2D eigenvalue weighted by Gasteiger charge is -2.15. The molecule has 3 heteroatoms. The molecule has 2 rings (SSSR count). The van der Waals surface area contributed by atoms with E-state index in [9.17, 15) is 4.79 Å². The quantitative estimate of drug-likeness (QED) is 0.725. The maximum atomic E-state index is 11.9. The first kappa shape index (κ1) is 9.21. The van der Waals surface area contributed by atoms with Gasteiger partial charge in [-0.05, 0) is 25.5 Å². The molecule has 1 aromatic rings. The molecule has 0 unspecified atom stereocenters. The number of hydrazine groups is 1. The summed E-state index contributed by atoms with van der Waals surface area (Å²) in [6.45, 7) is 3.71. The summed E-state index contributed by atoms with van der Waals surface area (Å²) in [6, 6.07) is 7.69. The molecule has 1 aliphatic heterocycles. The molecule has 0 saturated carbocycles. The number of amides is 1. The Labute approximate surface area is 83.7 Å². The molecular formula is C11H14N2O. The summed E-state index contributed by atoms with van der Waals surface area (Å²) in [5.41, 5.74) is 4.94. The van der Waals surface area contributed by atoms with Gasteiger partial charge in [-0.2, -0.15) is 0 Å². The fourth-order valence-electron chi connectivity index (χ4n) is 1.64. The number of aryl methyl sites for hydroxylation is 1. The highest BCUT2D eigenvalue weighted by atomic mass is 16.2. The predicted octanol–water partition coefficient (Wildman–Crippen LogP) is 1.35. The summed E-state index contributed by atoms with van der Waals surface area (Å²) in [5, 5.41) is 1.69. The maximum absolute atomic E-state index is 11.9. The third-order valence-electron chi connectivity index (χ3n) is 2.37. The molecule has 0 aliphatic carbocycles. The van der Waals surface area contributed by atoms with E-state index in [1.54, 1.807) is 5.01 Å². The third-order valence-corrected chi connectivity index (χ3v) is 2.37. The van der Waals surface area contributed by atoms with Gasteiger partial charge in [0.05, 0.1) is 0 Å². The van der Waals surface area contributed by atoms with Crippen LogP contribution in [0.25, 0.3) is 0 Å². The zero-order valence-corrected chi connectivity index (χ0v) is 8.29. The Bertz CT molecular complexity index is 343. The van der Waals surface area contributed by atoms with E-state index < -0.39 is 0 Å². The van der Waals surface area contributed by atoms with Crippen LogP contribution in [-0.4, -0.2) is 24.0 Å². The molecule has 1 N–H and O–H groups in total. The number of rotatable bonds is 1. The smallest absolute Gasteiger partial charge is 0.267 e. The lowest BCUT2D eigenvalue weighted by atomic mass is 10.1. The van der Waals surface area contributed by atoms with Gasteiger partial charge in [-0.25, -0.2) is 5.43 Å². The SMILES string of the molecule is Cc1cccc(C(=O)N2CCCN2)c1. The van der Waals surface area contributed by atoms with Crippen LogP contribution >= 0.6 is 0 Å². The summed E-state index contributed by atoms with van der Waals surface area (Å²) in [4.78, 5) is 11.9. The molecule has 0 spiro atoms. The van der Waals surface area contributed by atoms with E-state index in [-0.39, 0.29) is 5.91 Å². The predicted molar refractivity (Wildman–Crippen MR) is 54.8 cm³/mol. The number of hydrogen-bond donors (Lipinski definition) is 1. The Hall–Kier alpha value is -1.35. The Balaban J connectivity index is 2.17. The number of carbonyl (C=O) groups excluding carboxylic acids is 1. The molecule has 1 heterocycles. The summed E-state index contributed by atoms with van der Waals surface area (Å²) in [5.74, 6) is 0.0752. The van der Waals surface area contributed by atoms with Crippen molar-refractivity contribution in [2.45, 2.75) is 13.3 Å². The molecule has 1 amide bonds. The topological polar surface area (TPSA) is 32.3 Å². The second-order valence-electron chi connectivity index (χ2n) is 3.59. The number of benzene rings is 1. The van der Waals surface area contributed by atoms with E-state index in [1.807, 2.05) is 31.2 Å². The summed E-state index contributed by atoms with van der Waals surface area (Å²) in [6.07, 6.45) is 1.04. The largest absolute Gasteiger partial charge is 0.274 e. The molecule has 1 aliphatic rings. The lowest BCUT2D eigenvalue weighted by molar-refractivity contribution is 0.0726. The van der Waals surface area contributed by atoms with Gasteiger partial charge in [-0.1, -0.05) is 17.7 Å². The fraction of sp³-hybridized carbons (Fsp3) is 0.364. The molecule has 1 fully saturated rings. The van der Waals surface area contributed by atoms with Crippen molar-refractivity contribution in [3.05, 3.63) is 35.4 Å². The molecule has 74 valence electrons. The molecule has 0 aromatic heterocycles. The molecule has 14 heavy (non-hydrogen) atoms. The maximum Gasteiger partial charge on any atom is 0.267 e. The van der Waals surface area contributed by atoms with E-state index in [4.69, 9.17) is 0 Å². The Morgan fingerprint density at radius 1 is 1.50 bits per heavy atom. The summed E-state index contributed by atoms with van der Waals surface area (Å²) >= 11 is 0. The van der Waals surface area contributed by atoms with E-state index in [0.717, 1.165) is 30.6 Å². The van der Waals surface area contributed by atoms with Gasteiger partial charge in [0.25, 0.3) is 5.91 Å². The van der Waals surface area contributed by atoms with Gasteiger partial charge in [0, 0.05) is 18.7 Å². The minimum Gasteiger partial charge on any atom is -0.274 e. The van der Waals surface area contributed by atoms with Gasteiger partial charge < -0.3 is 0 Å². The van der Waals surface area contributed by atoms with Crippen LogP contribution < -0.4 is 5.43 Å². The van der Waals surface area contributed by atoms with Crippen molar-refractivity contribution in [1.82, 2.24) is 10.4 Å². The van der Waals surface area contributed by atoms with Crippen molar-refractivity contribution in [2.24, 2.45) is 0 Å². The minimum atomic E-state index is 0.0752. The zero-order chi connectivity index (χ0) is 9.97. The van der Waals surface area contributed by atoms with Crippen LogP contribution in [0.15, 0.2) is 24.3 Å². The molecule has 0 atom stereocenters. The van der Waals surface area contributed by atoms with Gasteiger partial charge >= 0.3 is 0 Å². The second-order valence-corrected chi connectivity index (χ2v) is 3.59. The van der Waals surface area contributed by atoms with Crippen molar-refractivity contribution >= 4 is 5.91 Å². The average molecular weight is 190 g/mol. The minimum absolute atomic E-state index is 0.0752. The number of nitrogens with one attached hydrogen (secondary N) is 1. The van der Waals surface area contributed by atoms with E-state index in [1.165, 1.54) is 0 Å². The second kappa shape index (κ2) is 3.80. The lowest BCUT2D eigenvalue weighted by Crippen LogP contribution is -2.36. The molecular weight excluding hydrogens is 176 g/mol. The Morgan fingerprint density at radius 3 is 3.00 bits per heavy atom. The first-order chi connectivity index (χ1) is 6.77. The van der Waals surface area contributed by atoms with E-state index >= 15 is 0 Å². The van der Waals surface area contributed by atoms with Gasteiger partial charge in [0.1, 0.15) is 0 Å². The Morgan fingerprint density at radius 2 is 2.36 bits per heavy atom. The standard InChI is InChI=1S/C11H14N2O/c1-9-4-2-5-10(8-9)11(14)13-7-3-6-12-13/h2,4-5,8,12H,3,6-7H2,1H3. The molecule has 0 radical (unpaired) electrons. The summed E-state index contributed by atoms with van der Waals surface area (Å²) < 4.78 is 0. The fourth-order valence-corrected chi connectivity index (χ4v) is 1.64. The Kier molecular flexibility index (Phi) is 2.50. The first-order valence-electron chi connectivity index (χ1n) is 4.89. The van der Waals surface area contributed by atoms with Crippen molar-refractivity contribution in [3.8, 4) is 0 Å². The molecule has 3 nitrogen and oxygen atoms in total. The van der Waals surface area contributed by atoms with Crippen molar-refractivity contribution in [1.29, 1.82) is 0 Å². The normalized spacial score (nSPS) is 15.9. The number of hydrogen-bond acceptors (Lipinski definition) is 2. The van der Waals surface area contributed by atoms with Gasteiger partial charge in [0.2, 0.25) is 0 Å². The zero-order valence-electron chi connectivity index (χ0n) is 8.29. The molecule has 1 saturated heterocycles. The van der Waals surface area contributed by atoms with Crippen molar-refractivity contribution < 1.29 is 4.79 Å². The molecule has 0 bridgehead atoms. The third kappa shape index (κ3) is 1.77. The van der Waals surface area contributed by atoms with Crippen LogP contribution in [0.3, 0.4) is 0 Å². The van der Waals surface area contributed by atoms with Crippen LogP contribution in [0.5, 0.6) is 0 Å². The highest BCUT2D eigenvalue weighted by Gasteiger charge is 2.18. The summed E-state index contributed by atoms with van der Waals surface area (Å²) in [7, 11) is 0. The average Bonchev–Trinajstić information content (AvgIpc) is 2.69. The monoisotopic (exact) mass is 190 g/mol. The number of carbonyl (C=O) groups is 1. The van der Waals surface area contributed by atoms with Crippen LogP contribution in [0, 0.1) is 6.92 Å².